The topological polar surface area (TPSA) is 52.6 Å². The minimum atomic E-state index is -3.43. The van der Waals surface area contributed by atoms with Crippen LogP contribution in [0, 0.1) is 0 Å². The van der Waals surface area contributed by atoms with Gasteiger partial charge in [0, 0.05) is 13.0 Å². The third kappa shape index (κ3) is 2.52. The van der Waals surface area contributed by atoms with E-state index in [1.54, 1.807) is 0 Å². The van der Waals surface area contributed by atoms with Crippen LogP contribution in [0.5, 0.6) is 0 Å². The average molecular weight is 206 g/mol. The van der Waals surface area contributed by atoms with Crippen molar-refractivity contribution in [2.45, 2.75) is 25.0 Å². The van der Waals surface area contributed by atoms with E-state index in [-0.39, 0.29) is 6.10 Å². The molecule has 1 fully saturated rings. The van der Waals surface area contributed by atoms with Gasteiger partial charge < -0.3 is 4.74 Å². The summed E-state index contributed by atoms with van der Waals surface area (Å²) >= 11 is 0. The summed E-state index contributed by atoms with van der Waals surface area (Å²) in [4.78, 5) is 0. The van der Waals surface area contributed by atoms with Crippen molar-refractivity contribution in [1.29, 1.82) is 0 Å². The standard InChI is InChI=1S/C8H14O4S/c1-4-8(12-13(3,9)10)6-7(8)11-5-2/h4,7H,1,5-6H2,2-3H3/t7-,8-/m0/s1. The molecule has 0 radical (unpaired) electrons. The van der Waals surface area contributed by atoms with Crippen LogP contribution in [0.2, 0.25) is 0 Å². The van der Waals surface area contributed by atoms with Gasteiger partial charge in [0.1, 0.15) is 5.60 Å². The molecule has 0 bridgehead atoms. The van der Waals surface area contributed by atoms with E-state index in [0.717, 1.165) is 6.26 Å². The van der Waals surface area contributed by atoms with E-state index in [2.05, 4.69) is 6.58 Å². The van der Waals surface area contributed by atoms with Crippen LogP contribution in [0.25, 0.3) is 0 Å². The fourth-order valence-corrected chi connectivity index (χ4v) is 2.06. The predicted molar refractivity (Wildman–Crippen MR) is 48.9 cm³/mol. The Balaban J connectivity index is 2.61. The maximum atomic E-state index is 10.9. The number of hydrogen-bond donors (Lipinski definition) is 0. The Bertz CT molecular complexity index is 295. The maximum absolute atomic E-state index is 10.9. The Morgan fingerprint density at radius 3 is 2.69 bits per heavy atom. The fourth-order valence-electron chi connectivity index (χ4n) is 1.25. The molecule has 1 saturated carbocycles. The minimum Gasteiger partial charge on any atom is -0.375 e. The van der Waals surface area contributed by atoms with Gasteiger partial charge in [-0.2, -0.15) is 8.42 Å². The Morgan fingerprint density at radius 2 is 2.31 bits per heavy atom. The third-order valence-corrected chi connectivity index (χ3v) is 2.52. The molecule has 76 valence electrons. The molecular weight excluding hydrogens is 192 g/mol. The van der Waals surface area contributed by atoms with Crippen LogP contribution >= 0.6 is 0 Å². The summed E-state index contributed by atoms with van der Waals surface area (Å²) in [6, 6.07) is 0. The lowest BCUT2D eigenvalue weighted by atomic mass is 10.3. The molecule has 0 saturated heterocycles. The second-order valence-corrected chi connectivity index (χ2v) is 4.67. The van der Waals surface area contributed by atoms with Gasteiger partial charge in [-0.25, -0.2) is 0 Å². The van der Waals surface area contributed by atoms with Crippen molar-refractivity contribution in [2.75, 3.05) is 12.9 Å². The number of hydrogen-bond acceptors (Lipinski definition) is 4. The zero-order valence-electron chi connectivity index (χ0n) is 7.82. The highest BCUT2D eigenvalue weighted by atomic mass is 32.2. The second-order valence-electron chi connectivity index (χ2n) is 3.09. The van der Waals surface area contributed by atoms with E-state index in [9.17, 15) is 8.42 Å². The first-order chi connectivity index (χ1) is 5.93. The normalized spacial score (nSPS) is 32.9. The molecule has 1 rings (SSSR count). The van der Waals surface area contributed by atoms with E-state index in [1.807, 2.05) is 6.92 Å². The number of ether oxygens (including phenoxy) is 1. The molecule has 0 aromatic heterocycles. The quantitative estimate of drug-likeness (QED) is 0.490. The van der Waals surface area contributed by atoms with Crippen molar-refractivity contribution in [1.82, 2.24) is 0 Å². The molecule has 0 N–H and O–H groups in total. The Hall–Kier alpha value is -0.390. The van der Waals surface area contributed by atoms with Crippen molar-refractivity contribution in [3.05, 3.63) is 12.7 Å². The summed E-state index contributed by atoms with van der Waals surface area (Å²) in [5.74, 6) is 0. The first-order valence-electron chi connectivity index (χ1n) is 4.09. The first-order valence-corrected chi connectivity index (χ1v) is 5.91. The van der Waals surface area contributed by atoms with Crippen molar-refractivity contribution < 1.29 is 17.3 Å². The highest BCUT2D eigenvalue weighted by Gasteiger charge is 2.57. The summed E-state index contributed by atoms with van der Waals surface area (Å²) < 4.78 is 31.9. The first kappa shape index (κ1) is 10.7. The lowest BCUT2D eigenvalue weighted by molar-refractivity contribution is 0.0777. The average Bonchev–Trinajstić information content (AvgIpc) is 2.61. The van der Waals surface area contributed by atoms with Crippen molar-refractivity contribution in [2.24, 2.45) is 0 Å². The minimum absolute atomic E-state index is 0.162. The smallest absolute Gasteiger partial charge is 0.265 e. The molecule has 0 heterocycles. The summed E-state index contributed by atoms with van der Waals surface area (Å²) in [6.07, 6.45) is 2.93. The number of rotatable bonds is 5. The zero-order valence-corrected chi connectivity index (χ0v) is 8.63. The highest BCUT2D eigenvalue weighted by Crippen LogP contribution is 2.44. The van der Waals surface area contributed by atoms with Crippen LogP contribution in [-0.2, 0) is 19.0 Å². The largest absolute Gasteiger partial charge is 0.375 e. The maximum Gasteiger partial charge on any atom is 0.265 e. The molecule has 4 nitrogen and oxygen atoms in total. The lowest BCUT2D eigenvalue weighted by Gasteiger charge is -2.11. The molecule has 0 unspecified atom stereocenters. The molecule has 0 aromatic rings. The van der Waals surface area contributed by atoms with Crippen LogP contribution in [0.1, 0.15) is 13.3 Å². The summed E-state index contributed by atoms with van der Waals surface area (Å²) in [6.45, 7) is 5.94. The van der Waals surface area contributed by atoms with Gasteiger partial charge in [0.05, 0.1) is 12.4 Å². The second kappa shape index (κ2) is 3.40. The van der Waals surface area contributed by atoms with Gasteiger partial charge in [0.25, 0.3) is 10.1 Å². The Morgan fingerprint density at radius 1 is 1.69 bits per heavy atom. The molecule has 0 aromatic carbocycles. The fraction of sp³-hybridized carbons (Fsp3) is 0.750. The van der Waals surface area contributed by atoms with E-state index in [0.29, 0.717) is 13.0 Å². The van der Waals surface area contributed by atoms with Crippen molar-refractivity contribution >= 4 is 10.1 Å². The molecule has 1 aliphatic rings. The molecule has 2 atom stereocenters. The molecule has 13 heavy (non-hydrogen) atoms. The highest BCUT2D eigenvalue weighted by molar-refractivity contribution is 7.86. The molecular formula is C8H14O4S. The van der Waals surface area contributed by atoms with E-state index in [4.69, 9.17) is 8.92 Å². The van der Waals surface area contributed by atoms with Crippen LogP contribution in [0.15, 0.2) is 12.7 Å². The van der Waals surface area contributed by atoms with Crippen LogP contribution in [0.3, 0.4) is 0 Å². The van der Waals surface area contributed by atoms with Crippen LogP contribution in [0.4, 0.5) is 0 Å². The zero-order chi connectivity index (χ0) is 10.1. The molecule has 0 aliphatic heterocycles. The Kier molecular flexibility index (Phi) is 2.79. The monoisotopic (exact) mass is 206 g/mol. The van der Waals surface area contributed by atoms with E-state index in [1.165, 1.54) is 6.08 Å². The Labute approximate surface area is 78.7 Å². The molecule has 0 spiro atoms. The van der Waals surface area contributed by atoms with Crippen molar-refractivity contribution in [3.63, 3.8) is 0 Å². The SMILES string of the molecule is C=C[C@]1(OS(C)(=O)=O)C[C@@H]1OCC. The summed E-state index contributed by atoms with van der Waals surface area (Å²) in [5, 5.41) is 0. The summed E-state index contributed by atoms with van der Waals surface area (Å²) in [7, 11) is -3.43. The molecule has 5 heteroatoms. The van der Waals surface area contributed by atoms with Crippen LogP contribution < -0.4 is 0 Å². The van der Waals surface area contributed by atoms with Gasteiger partial charge in [-0.3, -0.25) is 4.18 Å². The van der Waals surface area contributed by atoms with Gasteiger partial charge in [-0.05, 0) is 6.92 Å². The predicted octanol–water partition coefficient (Wildman–Crippen LogP) is 0.696. The molecule has 1 aliphatic carbocycles. The van der Waals surface area contributed by atoms with E-state index >= 15 is 0 Å². The molecule has 0 amide bonds. The van der Waals surface area contributed by atoms with Crippen LogP contribution in [-0.4, -0.2) is 33.0 Å². The van der Waals surface area contributed by atoms with E-state index < -0.39 is 15.7 Å². The summed E-state index contributed by atoms with van der Waals surface area (Å²) in [5.41, 5.74) is -0.802. The van der Waals surface area contributed by atoms with Gasteiger partial charge in [-0.1, -0.05) is 6.08 Å². The van der Waals surface area contributed by atoms with Gasteiger partial charge in [0.15, 0.2) is 0 Å². The van der Waals surface area contributed by atoms with Gasteiger partial charge in [0.2, 0.25) is 0 Å². The lowest BCUT2D eigenvalue weighted by Crippen LogP contribution is -2.21. The van der Waals surface area contributed by atoms with Crippen molar-refractivity contribution in [3.8, 4) is 0 Å². The van der Waals surface area contributed by atoms with Gasteiger partial charge in [-0.15, -0.1) is 6.58 Å². The third-order valence-electron chi connectivity index (χ3n) is 1.91. The van der Waals surface area contributed by atoms with Gasteiger partial charge >= 0.3 is 0 Å².